The number of amides is 1. The smallest absolute Gasteiger partial charge is 0.307 e. The molecule has 6 heteroatoms. The summed E-state index contributed by atoms with van der Waals surface area (Å²) < 4.78 is 10.4. The van der Waals surface area contributed by atoms with Gasteiger partial charge in [0.15, 0.2) is 0 Å². The monoisotopic (exact) mass is 355 g/mol. The fourth-order valence-electron chi connectivity index (χ4n) is 2.15. The molecule has 1 rings (SSSR count). The van der Waals surface area contributed by atoms with Crippen LogP contribution in [0.15, 0.2) is 24.3 Å². The molecule has 0 radical (unpaired) electrons. The Bertz CT molecular complexity index is 534. The Morgan fingerprint density at radius 1 is 1.25 bits per heavy atom. The van der Waals surface area contributed by atoms with Crippen molar-refractivity contribution in [3.8, 4) is 0 Å². The van der Waals surface area contributed by atoms with Gasteiger partial charge in [-0.2, -0.15) is 0 Å². The van der Waals surface area contributed by atoms with Crippen LogP contribution in [-0.2, 0) is 14.3 Å². The average Bonchev–Trinajstić information content (AvgIpc) is 2.53. The van der Waals surface area contributed by atoms with Crippen LogP contribution in [0, 0.1) is 0 Å². The fraction of sp³-hybridized carbons (Fsp3) is 0.556. The van der Waals surface area contributed by atoms with Gasteiger partial charge in [0.05, 0.1) is 19.1 Å². The van der Waals surface area contributed by atoms with Gasteiger partial charge >= 0.3 is 5.97 Å². The van der Waals surface area contributed by atoms with Crippen molar-refractivity contribution in [2.24, 2.45) is 0 Å². The van der Waals surface area contributed by atoms with E-state index in [1.54, 1.807) is 36.1 Å². The summed E-state index contributed by atoms with van der Waals surface area (Å²) in [6.45, 7) is 7.42. The van der Waals surface area contributed by atoms with Crippen LogP contribution in [0.1, 0.15) is 44.0 Å². The van der Waals surface area contributed by atoms with Gasteiger partial charge in [0.2, 0.25) is 0 Å². The fourth-order valence-corrected chi connectivity index (χ4v) is 2.34. The number of hydrogen-bond acceptors (Lipinski definition) is 4. The molecule has 1 aromatic rings. The lowest BCUT2D eigenvalue weighted by atomic mass is 10.2. The lowest BCUT2D eigenvalue weighted by Gasteiger charge is -2.23. The van der Waals surface area contributed by atoms with Crippen molar-refractivity contribution in [1.82, 2.24) is 4.90 Å². The summed E-state index contributed by atoms with van der Waals surface area (Å²) in [5.74, 6) is -0.453. The minimum atomic E-state index is -0.306. The molecular formula is C18H26ClNO4. The van der Waals surface area contributed by atoms with Crippen molar-refractivity contribution >= 4 is 23.5 Å². The number of halogens is 1. The Balaban J connectivity index is 2.67. The van der Waals surface area contributed by atoms with Crippen molar-refractivity contribution in [2.75, 3.05) is 26.3 Å². The van der Waals surface area contributed by atoms with Crippen LogP contribution in [0.4, 0.5) is 0 Å². The average molecular weight is 356 g/mol. The normalized spacial score (nSPS) is 10.7. The van der Waals surface area contributed by atoms with E-state index in [-0.39, 0.29) is 24.4 Å². The molecular weight excluding hydrogens is 330 g/mol. The zero-order valence-corrected chi connectivity index (χ0v) is 15.3. The molecule has 0 aliphatic rings. The molecule has 0 aromatic heterocycles. The molecule has 0 aliphatic carbocycles. The van der Waals surface area contributed by atoms with Crippen molar-refractivity contribution in [2.45, 2.75) is 39.7 Å². The van der Waals surface area contributed by atoms with Gasteiger partial charge in [-0.15, -0.1) is 0 Å². The minimum Gasteiger partial charge on any atom is -0.466 e. The highest BCUT2D eigenvalue weighted by molar-refractivity contribution is 6.30. The Morgan fingerprint density at radius 2 is 2.00 bits per heavy atom. The highest BCUT2D eigenvalue weighted by atomic mass is 35.5. The summed E-state index contributed by atoms with van der Waals surface area (Å²) >= 11 is 5.96. The second-order valence-electron chi connectivity index (χ2n) is 5.63. The van der Waals surface area contributed by atoms with E-state index in [0.29, 0.717) is 43.3 Å². The Hall–Kier alpha value is -1.59. The summed E-state index contributed by atoms with van der Waals surface area (Å²) in [5.41, 5.74) is 0.510. The number of benzene rings is 1. The lowest BCUT2D eigenvalue weighted by Crippen LogP contribution is -2.34. The third-order valence-electron chi connectivity index (χ3n) is 3.27. The summed E-state index contributed by atoms with van der Waals surface area (Å²) in [4.78, 5) is 25.9. The molecule has 0 saturated heterocycles. The van der Waals surface area contributed by atoms with Gasteiger partial charge in [0, 0.05) is 30.3 Å². The predicted octanol–water partition coefficient (Wildman–Crippen LogP) is 3.55. The van der Waals surface area contributed by atoms with Crippen LogP contribution in [-0.4, -0.2) is 49.2 Å². The Labute approximate surface area is 148 Å². The second kappa shape index (κ2) is 11.0. The van der Waals surface area contributed by atoms with Gasteiger partial charge in [0.1, 0.15) is 0 Å². The molecule has 0 aliphatic heterocycles. The van der Waals surface area contributed by atoms with Crippen LogP contribution >= 0.6 is 11.6 Å². The molecule has 1 amide bonds. The van der Waals surface area contributed by atoms with Gasteiger partial charge in [-0.05, 0) is 45.4 Å². The molecule has 0 bridgehead atoms. The molecule has 0 fully saturated rings. The minimum absolute atomic E-state index is 0.147. The number of carbonyl (C=O) groups excluding carboxylic acids is 2. The number of esters is 1. The highest BCUT2D eigenvalue weighted by Crippen LogP contribution is 2.13. The van der Waals surface area contributed by atoms with Crippen molar-refractivity contribution in [3.05, 3.63) is 34.9 Å². The van der Waals surface area contributed by atoms with E-state index in [4.69, 9.17) is 21.1 Å². The number of rotatable bonds is 10. The predicted molar refractivity (Wildman–Crippen MR) is 94.3 cm³/mol. The second-order valence-corrected chi connectivity index (χ2v) is 6.07. The molecule has 0 spiro atoms. The molecule has 0 heterocycles. The third kappa shape index (κ3) is 7.79. The standard InChI is InChI=1S/C18H26ClNO4/c1-4-23-17(21)9-11-20(10-6-12-24-14(2)3)18(22)15-7-5-8-16(19)13-15/h5,7-8,13-14H,4,6,9-12H2,1-3H3. The van der Waals surface area contributed by atoms with Crippen LogP contribution in [0.3, 0.4) is 0 Å². The van der Waals surface area contributed by atoms with E-state index in [2.05, 4.69) is 0 Å². The van der Waals surface area contributed by atoms with E-state index in [9.17, 15) is 9.59 Å². The van der Waals surface area contributed by atoms with Gasteiger partial charge in [-0.1, -0.05) is 17.7 Å². The highest BCUT2D eigenvalue weighted by Gasteiger charge is 2.17. The zero-order chi connectivity index (χ0) is 17.9. The van der Waals surface area contributed by atoms with Crippen LogP contribution in [0.5, 0.6) is 0 Å². The summed E-state index contributed by atoms with van der Waals surface area (Å²) in [5, 5.41) is 0.509. The summed E-state index contributed by atoms with van der Waals surface area (Å²) in [7, 11) is 0. The molecule has 24 heavy (non-hydrogen) atoms. The van der Waals surface area contributed by atoms with Gasteiger partial charge < -0.3 is 14.4 Å². The summed E-state index contributed by atoms with van der Waals surface area (Å²) in [6.07, 6.45) is 1.03. The van der Waals surface area contributed by atoms with Crippen LogP contribution < -0.4 is 0 Å². The number of nitrogens with zero attached hydrogens (tertiary/aromatic N) is 1. The SMILES string of the molecule is CCOC(=O)CCN(CCCOC(C)C)C(=O)c1cccc(Cl)c1. The van der Waals surface area contributed by atoms with Gasteiger partial charge in [-0.3, -0.25) is 9.59 Å². The van der Waals surface area contributed by atoms with E-state index >= 15 is 0 Å². The van der Waals surface area contributed by atoms with E-state index in [1.165, 1.54) is 0 Å². The van der Waals surface area contributed by atoms with E-state index in [1.807, 2.05) is 13.8 Å². The topological polar surface area (TPSA) is 55.8 Å². The third-order valence-corrected chi connectivity index (χ3v) is 3.51. The maximum Gasteiger partial charge on any atom is 0.307 e. The van der Waals surface area contributed by atoms with E-state index < -0.39 is 0 Å². The summed E-state index contributed by atoms with van der Waals surface area (Å²) in [6, 6.07) is 6.81. The number of ether oxygens (including phenoxy) is 2. The first-order chi connectivity index (χ1) is 11.4. The lowest BCUT2D eigenvalue weighted by molar-refractivity contribution is -0.143. The molecule has 5 nitrogen and oxygen atoms in total. The molecule has 0 N–H and O–H groups in total. The van der Waals surface area contributed by atoms with Crippen molar-refractivity contribution in [1.29, 1.82) is 0 Å². The molecule has 0 saturated carbocycles. The number of carbonyl (C=O) groups is 2. The van der Waals surface area contributed by atoms with Crippen molar-refractivity contribution < 1.29 is 19.1 Å². The number of hydrogen-bond donors (Lipinski definition) is 0. The largest absolute Gasteiger partial charge is 0.466 e. The Morgan fingerprint density at radius 3 is 2.62 bits per heavy atom. The maximum absolute atomic E-state index is 12.7. The zero-order valence-electron chi connectivity index (χ0n) is 14.6. The quantitative estimate of drug-likeness (QED) is 0.475. The molecule has 0 atom stereocenters. The van der Waals surface area contributed by atoms with Gasteiger partial charge in [0.25, 0.3) is 5.91 Å². The molecule has 134 valence electrons. The first-order valence-corrected chi connectivity index (χ1v) is 8.64. The molecule has 0 unspecified atom stereocenters. The van der Waals surface area contributed by atoms with Crippen molar-refractivity contribution in [3.63, 3.8) is 0 Å². The first kappa shape index (κ1) is 20.5. The Kier molecular flexibility index (Phi) is 9.42. The van der Waals surface area contributed by atoms with Crippen LogP contribution in [0.2, 0.25) is 5.02 Å². The van der Waals surface area contributed by atoms with Gasteiger partial charge in [-0.25, -0.2) is 0 Å². The van der Waals surface area contributed by atoms with Crippen LogP contribution in [0.25, 0.3) is 0 Å². The van der Waals surface area contributed by atoms with E-state index in [0.717, 1.165) is 0 Å². The first-order valence-electron chi connectivity index (χ1n) is 8.26. The molecule has 1 aromatic carbocycles. The maximum atomic E-state index is 12.7.